The van der Waals surface area contributed by atoms with Gasteiger partial charge >= 0.3 is 0 Å². The van der Waals surface area contributed by atoms with Gasteiger partial charge in [0.15, 0.2) is 0 Å². The first-order valence-electron chi connectivity index (χ1n) is 21.0. The summed E-state index contributed by atoms with van der Waals surface area (Å²) in [5.74, 6) is 0. The summed E-state index contributed by atoms with van der Waals surface area (Å²) in [4.78, 5) is 4.56. The van der Waals surface area contributed by atoms with E-state index < -0.39 is 0 Å². The van der Waals surface area contributed by atoms with Crippen molar-refractivity contribution in [3.63, 3.8) is 0 Å². The molecule has 0 aliphatic heterocycles. The fourth-order valence-corrected chi connectivity index (χ4v) is 10.3. The molecular formula is C54H34N8S3. The largest absolute Gasteiger partial charge is 0.311 e. The highest BCUT2D eigenvalue weighted by Gasteiger charge is 2.19. The molecule has 8 nitrogen and oxygen atoms in total. The number of anilines is 6. The van der Waals surface area contributed by atoms with E-state index in [4.69, 9.17) is 8.75 Å². The molecule has 308 valence electrons. The summed E-state index contributed by atoms with van der Waals surface area (Å²) >= 11 is 3.74. The standard InChI is InChI=1S/C54H34N8S3/c1-3-9-39(10-4-1)61(41-25-17-35(18-26-41)45-13-7-15-49-51(45)57-63-55-49)43-29-21-37(22-30-43)47-33-34-48(54-53(47)59-65-60-54)38-23-31-44(32-24-38)62(40-11-5-2-6-12-40)42-27-19-36(20-28-42)46-14-8-16-50-52(46)58-64-56-50/h1-34H. The second kappa shape index (κ2) is 16.6. The Labute approximate surface area is 387 Å². The maximum Gasteiger partial charge on any atom is 0.113 e. The van der Waals surface area contributed by atoms with E-state index in [0.717, 1.165) is 112 Å². The van der Waals surface area contributed by atoms with Gasteiger partial charge in [-0.05, 0) is 107 Å². The molecule has 0 N–H and O–H groups in total. The smallest absolute Gasteiger partial charge is 0.113 e. The number of rotatable bonds is 10. The van der Waals surface area contributed by atoms with Crippen molar-refractivity contribution in [2.45, 2.75) is 0 Å². The fourth-order valence-electron chi connectivity index (χ4n) is 8.62. The zero-order valence-electron chi connectivity index (χ0n) is 34.4. The molecule has 3 aromatic heterocycles. The Hall–Kier alpha value is -7.96. The number of para-hydroxylation sites is 2. The van der Waals surface area contributed by atoms with Crippen molar-refractivity contribution < 1.29 is 0 Å². The van der Waals surface area contributed by atoms with Gasteiger partial charge in [0.2, 0.25) is 0 Å². The lowest BCUT2D eigenvalue weighted by Gasteiger charge is -2.26. The Kier molecular flexibility index (Phi) is 9.90. The highest BCUT2D eigenvalue weighted by atomic mass is 32.1. The minimum Gasteiger partial charge on any atom is -0.311 e. The third-order valence-corrected chi connectivity index (χ3v) is 13.4. The Morgan fingerprint density at radius 3 is 0.877 bits per heavy atom. The van der Waals surface area contributed by atoms with Crippen LogP contribution < -0.4 is 9.80 Å². The number of aromatic nitrogens is 6. The molecule has 65 heavy (non-hydrogen) atoms. The van der Waals surface area contributed by atoms with Gasteiger partial charge in [-0.1, -0.05) is 121 Å². The molecule has 0 aliphatic carbocycles. The molecule has 0 bridgehead atoms. The van der Waals surface area contributed by atoms with E-state index >= 15 is 0 Å². The summed E-state index contributed by atoms with van der Waals surface area (Å²) in [6, 6.07) is 72.4. The van der Waals surface area contributed by atoms with Gasteiger partial charge in [-0.2, -0.15) is 26.2 Å². The summed E-state index contributed by atoms with van der Waals surface area (Å²) in [5.41, 5.74) is 20.4. The molecule has 0 spiro atoms. The summed E-state index contributed by atoms with van der Waals surface area (Å²) in [5, 5.41) is 0. The van der Waals surface area contributed by atoms with Crippen molar-refractivity contribution in [3.8, 4) is 44.5 Å². The predicted octanol–water partition coefficient (Wildman–Crippen LogP) is 15.3. The molecule has 0 amide bonds. The number of benzene rings is 9. The van der Waals surface area contributed by atoms with Gasteiger partial charge in [-0.3, -0.25) is 0 Å². The van der Waals surface area contributed by atoms with Crippen LogP contribution in [0.2, 0.25) is 0 Å². The summed E-state index contributed by atoms with van der Waals surface area (Å²) in [6.45, 7) is 0. The number of fused-ring (bicyclic) bond motifs is 3. The van der Waals surface area contributed by atoms with Crippen LogP contribution >= 0.6 is 35.2 Å². The number of hydrogen-bond donors (Lipinski definition) is 0. The van der Waals surface area contributed by atoms with Crippen molar-refractivity contribution in [1.82, 2.24) is 26.2 Å². The van der Waals surface area contributed by atoms with E-state index in [1.54, 1.807) is 0 Å². The third kappa shape index (κ3) is 7.17. The normalized spacial score (nSPS) is 11.4. The van der Waals surface area contributed by atoms with Crippen LogP contribution in [-0.2, 0) is 0 Å². The van der Waals surface area contributed by atoms with Crippen LogP contribution in [-0.4, -0.2) is 26.2 Å². The maximum atomic E-state index is 4.85. The second-order valence-electron chi connectivity index (χ2n) is 15.5. The Morgan fingerprint density at radius 1 is 0.231 bits per heavy atom. The Morgan fingerprint density at radius 2 is 0.523 bits per heavy atom. The van der Waals surface area contributed by atoms with Crippen LogP contribution in [0.25, 0.3) is 77.6 Å². The first-order valence-corrected chi connectivity index (χ1v) is 23.2. The van der Waals surface area contributed by atoms with Crippen molar-refractivity contribution >= 4 is 102 Å². The minimum atomic E-state index is 0.889. The van der Waals surface area contributed by atoms with E-state index in [9.17, 15) is 0 Å². The van der Waals surface area contributed by atoms with Gasteiger partial charge in [0.25, 0.3) is 0 Å². The maximum absolute atomic E-state index is 4.85. The van der Waals surface area contributed by atoms with Crippen molar-refractivity contribution in [3.05, 3.63) is 206 Å². The molecule has 0 radical (unpaired) electrons. The molecular weight excluding hydrogens is 857 g/mol. The molecule has 0 saturated heterocycles. The van der Waals surface area contributed by atoms with Crippen LogP contribution in [0, 0.1) is 0 Å². The Bertz CT molecular complexity index is 3350. The first kappa shape index (κ1) is 38.7. The summed E-state index contributed by atoms with van der Waals surface area (Å²) in [7, 11) is 0. The van der Waals surface area contributed by atoms with Crippen molar-refractivity contribution in [2.75, 3.05) is 9.80 Å². The molecule has 11 heteroatoms. The second-order valence-corrected chi connectivity index (χ2v) is 17.1. The fraction of sp³-hybridized carbons (Fsp3) is 0. The quantitative estimate of drug-likeness (QED) is 0.134. The van der Waals surface area contributed by atoms with Gasteiger partial charge in [0.05, 0.1) is 35.2 Å². The van der Waals surface area contributed by atoms with E-state index in [1.807, 2.05) is 36.4 Å². The van der Waals surface area contributed by atoms with Crippen LogP contribution in [0.3, 0.4) is 0 Å². The van der Waals surface area contributed by atoms with E-state index in [0.29, 0.717) is 0 Å². The van der Waals surface area contributed by atoms with Crippen molar-refractivity contribution in [2.24, 2.45) is 0 Å². The predicted molar refractivity (Wildman–Crippen MR) is 270 cm³/mol. The number of nitrogens with zero attached hydrogens (tertiary/aromatic N) is 8. The van der Waals surface area contributed by atoms with Crippen LogP contribution in [0.15, 0.2) is 206 Å². The topological polar surface area (TPSA) is 83.8 Å². The zero-order valence-corrected chi connectivity index (χ0v) is 36.9. The molecule has 0 fully saturated rings. The first-order chi connectivity index (χ1) is 32.2. The minimum absolute atomic E-state index is 0.889. The summed E-state index contributed by atoms with van der Waals surface area (Å²) < 4.78 is 27.7. The SMILES string of the molecule is c1ccc(N(c2ccc(-c3cccc4nsnc34)cc2)c2ccc(-c3ccc(-c4ccc(N(c5ccccc5)c5ccc(-c6cccc7nsnc67)cc5)cc4)c4nsnc34)cc2)cc1. The van der Waals surface area contributed by atoms with Gasteiger partial charge in [-0.25, -0.2) is 0 Å². The average Bonchev–Trinajstić information content (AvgIpc) is 4.18. The van der Waals surface area contributed by atoms with E-state index in [1.165, 1.54) is 35.2 Å². The monoisotopic (exact) mass is 890 g/mol. The van der Waals surface area contributed by atoms with Gasteiger partial charge in [0.1, 0.15) is 33.1 Å². The lowest BCUT2D eigenvalue weighted by molar-refractivity contribution is 1.28. The van der Waals surface area contributed by atoms with Gasteiger partial charge in [-0.15, -0.1) is 0 Å². The zero-order chi connectivity index (χ0) is 43.1. The average molecular weight is 891 g/mol. The highest BCUT2D eigenvalue weighted by Crippen LogP contribution is 2.41. The van der Waals surface area contributed by atoms with E-state index in [2.05, 4.69) is 197 Å². The lowest BCUT2D eigenvalue weighted by Crippen LogP contribution is -2.09. The summed E-state index contributed by atoms with van der Waals surface area (Å²) in [6.07, 6.45) is 0. The lowest BCUT2D eigenvalue weighted by atomic mass is 9.97. The van der Waals surface area contributed by atoms with Crippen molar-refractivity contribution in [1.29, 1.82) is 0 Å². The molecule has 12 rings (SSSR count). The molecule has 0 aliphatic rings. The van der Waals surface area contributed by atoms with E-state index in [-0.39, 0.29) is 0 Å². The highest BCUT2D eigenvalue weighted by molar-refractivity contribution is 7.00. The van der Waals surface area contributed by atoms with Gasteiger partial charge < -0.3 is 9.80 Å². The van der Waals surface area contributed by atoms with Crippen LogP contribution in [0.5, 0.6) is 0 Å². The number of hydrogen-bond acceptors (Lipinski definition) is 11. The molecule has 12 aromatic rings. The van der Waals surface area contributed by atoms with Crippen LogP contribution in [0.4, 0.5) is 34.1 Å². The van der Waals surface area contributed by atoms with Gasteiger partial charge in [0, 0.05) is 56.4 Å². The third-order valence-electron chi connectivity index (χ3n) is 11.8. The molecule has 0 atom stereocenters. The molecule has 0 saturated carbocycles. The molecule has 3 heterocycles. The molecule has 0 unspecified atom stereocenters. The molecule has 9 aromatic carbocycles. The Balaban J connectivity index is 0.837. The van der Waals surface area contributed by atoms with Crippen LogP contribution in [0.1, 0.15) is 0 Å².